The molecule has 2 rings (SSSR count). The van der Waals surface area contributed by atoms with E-state index in [4.69, 9.17) is 5.84 Å². The van der Waals surface area contributed by atoms with Crippen molar-refractivity contribution in [3.63, 3.8) is 0 Å². The minimum atomic E-state index is -0.550. The smallest absolute Gasteiger partial charge is 0.303 e. The summed E-state index contributed by atoms with van der Waals surface area (Å²) in [4.78, 5) is 19.0. The second-order valence-corrected chi connectivity index (χ2v) is 4.75. The second kappa shape index (κ2) is 5.63. The number of aromatic nitrogens is 2. The van der Waals surface area contributed by atoms with Crippen LogP contribution in [0.4, 0.5) is 11.5 Å². The molecule has 0 unspecified atom stereocenters. The van der Waals surface area contributed by atoms with Gasteiger partial charge in [-0.15, -0.1) is 0 Å². The summed E-state index contributed by atoms with van der Waals surface area (Å²) in [5.74, 6) is 5.21. The van der Waals surface area contributed by atoms with Crippen LogP contribution < -0.4 is 11.3 Å². The van der Waals surface area contributed by atoms with Crippen LogP contribution in [-0.4, -0.2) is 14.9 Å². The van der Waals surface area contributed by atoms with Crippen molar-refractivity contribution < 1.29 is 4.92 Å². The summed E-state index contributed by atoms with van der Waals surface area (Å²) in [6.07, 6.45) is 1.23. The first-order valence-electron chi connectivity index (χ1n) is 5.32. The van der Waals surface area contributed by atoms with Gasteiger partial charge >= 0.3 is 5.69 Å². The molecule has 7 nitrogen and oxygen atoms in total. The maximum atomic E-state index is 11.1. The topological polar surface area (TPSA) is 107 Å². The SMILES string of the molecule is Cc1ccc(Sc2ncnc(NN)c2[N+](=O)[O-])cc1. The molecule has 0 radical (unpaired) electrons. The van der Waals surface area contributed by atoms with Gasteiger partial charge in [0, 0.05) is 4.90 Å². The summed E-state index contributed by atoms with van der Waals surface area (Å²) in [6.45, 7) is 1.97. The first-order valence-corrected chi connectivity index (χ1v) is 6.14. The molecule has 1 aromatic carbocycles. The molecule has 0 fully saturated rings. The van der Waals surface area contributed by atoms with Crippen LogP contribution in [0.25, 0.3) is 0 Å². The number of aryl methyl sites for hydroxylation is 1. The minimum absolute atomic E-state index is 0.00499. The molecule has 0 spiro atoms. The van der Waals surface area contributed by atoms with Gasteiger partial charge in [0.2, 0.25) is 5.82 Å². The highest BCUT2D eigenvalue weighted by Crippen LogP contribution is 2.35. The molecule has 0 aliphatic carbocycles. The molecule has 0 aliphatic heterocycles. The van der Waals surface area contributed by atoms with Crippen LogP contribution in [0.15, 0.2) is 40.5 Å². The molecule has 19 heavy (non-hydrogen) atoms. The van der Waals surface area contributed by atoms with Crippen molar-refractivity contribution in [3.05, 3.63) is 46.3 Å². The van der Waals surface area contributed by atoms with Gasteiger partial charge < -0.3 is 5.43 Å². The van der Waals surface area contributed by atoms with E-state index in [1.807, 2.05) is 31.2 Å². The molecular weight excluding hydrogens is 266 g/mol. The average Bonchev–Trinajstić information content (AvgIpc) is 2.40. The van der Waals surface area contributed by atoms with Crippen LogP contribution in [0.5, 0.6) is 0 Å². The highest BCUT2D eigenvalue weighted by molar-refractivity contribution is 7.99. The van der Waals surface area contributed by atoms with E-state index < -0.39 is 4.92 Å². The number of hydrogen-bond donors (Lipinski definition) is 2. The minimum Gasteiger partial charge on any atom is -0.303 e. The Hall–Kier alpha value is -2.19. The first-order chi connectivity index (χ1) is 9.11. The lowest BCUT2D eigenvalue weighted by molar-refractivity contribution is -0.387. The van der Waals surface area contributed by atoms with Gasteiger partial charge in [-0.05, 0) is 19.1 Å². The quantitative estimate of drug-likeness (QED) is 0.381. The molecule has 0 amide bonds. The number of nitrogens with zero attached hydrogens (tertiary/aromatic N) is 3. The van der Waals surface area contributed by atoms with Gasteiger partial charge in [0.15, 0.2) is 5.03 Å². The standard InChI is InChI=1S/C11H11N5O2S/c1-7-2-4-8(5-3-7)19-11-9(16(17)18)10(15-12)13-6-14-11/h2-6H,12H2,1H3,(H,13,14,15). The van der Waals surface area contributed by atoms with Crippen LogP contribution in [0.1, 0.15) is 5.56 Å². The maximum absolute atomic E-state index is 11.1. The van der Waals surface area contributed by atoms with Crippen molar-refractivity contribution >= 4 is 23.3 Å². The second-order valence-electron chi connectivity index (χ2n) is 3.69. The average molecular weight is 277 g/mol. The Morgan fingerprint density at radius 2 is 2.00 bits per heavy atom. The van der Waals surface area contributed by atoms with E-state index in [0.29, 0.717) is 0 Å². The number of anilines is 1. The van der Waals surface area contributed by atoms with Gasteiger partial charge in [0.25, 0.3) is 0 Å². The summed E-state index contributed by atoms with van der Waals surface area (Å²) in [6, 6.07) is 7.61. The molecule has 0 atom stereocenters. The Morgan fingerprint density at radius 1 is 1.32 bits per heavy atom. The van der Waals surface area contributed by atoms with Crippen molar-refractivity contribution in [2.24, 2.45) is 5.84 Å². The third-order valence-corrected chi connectivity index (χ3v) is 3.34. The van der Waals surface area contributed by atoms with E-state index >= 15 is 0 Å². The van der Waals surface area contributed by atoms with E-state index in [1.165, 1.54) is 18.1 Å². The number of hydrogen-bond acceptors (Lipinski definition) is 7. The van der Waals surface area contributed by atoms with Crippen molar-refractivity contribution in [1.82, 2.24) is 9.97 Å². The fourth-order valence-electron chi connectivity index (χ4n) is 1.43. The molecule has 8 heteroatoms. The lowest BCUT2D eigenvalue weighted by atomic mass is 10.2. The maximum Gasteiger partial charge on any atom is 0.344 e. The fourth-order valence-corrected chi connectivity index (χ4v) is 2.29. The van der Waals surface area contributed by atoms with Gasteiger partial charge in [-0.3, -0.25) is 10.1 Å². The zero-order valence-corrected chi connectivity index (χ0v) is 10.8. The van der Waals surface area contributed by atoms with Crippen LogP contribution in [0.3, 0.4) is 0 Å². The molecular formula is C11H11N5O2S. The zero-order valence-electron chi connectivity index (χ0n) is 10.0. The summed E-state index contributed by atoms with van der Waals surface area (Å²) in [7, 11) is 0. The van der Waals surface area contributed by atoms with E-state index in [1.54, 1.807) is 0 Å². The predicted molar refractivity (Wildman–Crippen MR) is 71.8 cm³/mol. The molecule has 0 aliphatic rings. The summed E-state index contributed by atoms with van der Waals surface area (Å²) < 4.78 is 0. The van der Waals surface area contributed by atoms with Gasteiger partial charge in [0.05, 0.1) is 4.92 Å². The van der Waals surface area contributed by atoms with Gasteiger partial charge in [0.1, 0.15) is 6.33 Å². The first kappa shape index (κ1) is 13.2. The molecule has 3 N–H and O–H groups in total. The number of nitrogens with two attached hydrogens (primary N) is 1. The third-order valence-electron chi connectivity index (χ3n) is 2.34. The number of nitro groups is 1. The monoisotopic (exact) mass is 277 g/mol. The van der Waals surface area contributed by atoms with E-state index in [0.717, 1.165) is 10.5 Å². The lowest BCUT2D eigenvalue weighted by Crippen LogP contribution is -2.11. The Morgan fingerprint density at radius 3 is 2.58 bits per heavy atom. The van der Waals surface area contributed by atoms with Crippen LogP contribution >= 0.6 is 11.8 Å². The molecule has 0 bridgehead atoms. The van der Waals surface area contributed by atoms with Crippen molar-refractivity contribution in [3.8, 4) is 0 Å². The molecule has 1 heterocycles. The highest BCUT2D eigenvalue weighted by Gasteiger charge is 2.22. The van der Waals surface area contributed by atoms with Crippen molar-refractivity contribution in [2.75, 3.05) is 5.43 Å². The largest absolute Gasteiger partial charge is 0.344 e. The number of nitrogen functional groups attached to an aromatic ring is 1. The number of hydrazine groups is 1. The zero-order chi connectivity index (χ0) is 13.8. The van der Waals surface area contributed by atoms with Crippen molar-refractivity contribution in [2.45, 2.75) is 16.8 Å². The summed E-state index contributed by atoms with van der Waals surface area (Å²) in [5.41, 5.74) is 3.10. The fraction of sp³-hybridized carbons (Fsp3) is 0.0909. The van der Waals surface area contributed by atoms with Crippen LogP contribution in [-0.2, 0) is 0 Å². The van der Waals surface area contributed by atoms with Gasteiger partial charge in [-0.2, -0.15) is 0 Å². The lowest BCUT2D eigenvalue weighted by Gasteiger charge is -2.05. The van der Waals surface area contributed by atoms with Gasteiger partial charge in [-0.25, -0.2) is 15.8 Å². The number of rotatable bonds is 4. The Bertz CT molecular complexity index is 603. The predicted octanol–water partition coefficient (Wildman–Crippen LogP) is 2.13. The molecule has 1 aromatic heterocycles. The van der Waals surface area contributed by atoms with Gasteiger partial charge in [-0.1, -0.05) is 29.5 Å². The number of benzene rings is 1. The Kier molecular flexibility index (Phi) is 3.93. The Balaban J connectivity index is 2.39. The van der Waals surface area contributed by atoms with Crippen molar-refractivity contribution in [1.29, 1.82) is 0 Å². The molecule has 98 valence electrons. The molecule has 0 saturated heterocycles. The van der Waals surface area contributed by atoms with E-state index in [-0.39, 0.29) is 16.5 Å². The third kappa shape index (κ3) is 2.98. The summed E-state index contributed by atoms with van der Waals surface area (Å²) in [5, 5.41) is 11.3. The van der Waals surface area contributed by atoms with Crippen LogP contribution in [0, 0.1) is 17.0 Å². The summed E-state index contributed by atoms with van der Waals surface area (Å²) >= 11 is 1.19. The highest BCUT2D eigenvalue weighted by atomic mass is 32.2. The Labute approximate surface area is 113 Å². The molecule has 0 saturated carbocycles. The normalized spacial score (nSPS) is 10.2. The van der Waals surface area contributed by atoms with E-state index in [2.05, 4.69) is 15.4 Å². The number of nitrogens with one attached hydrogen (secondary N) is 1. The van der Waals surface area contributed by atoms with E-state index in [9.17, 15) is 10.1 Å². The van der Waals surface area contributed by atoms with Crippen LogP contribution in [0.2, 0.25) is 0 Å². The molecule has 2 aromatic rings.